The monoisotopic (exact) mass is 267 g/mol. The highest BCUT2D eigenvalue weighted by atomic mass is 35.5. The third-order valence-corrected chi connectivity index (χ3v) is 2.42. The van der Waals surface area contributed by atoms with Crippen molar-refractivity contribution in [2.75, 3.05) is 0 Å². The number of aromatic nitrogens is 1. The van der Waals surface area contributed by atoms with Crippen LogP contribution in [-0.4, -0.2) is 4.98 Å². The van der Waals surface area contributed by atoms with Crippen molar-refractivity contribution in [3.05, 3.63) is 40.3 Å². The van der Waals surface area contributed by atoms with Gasteiger partial charge in [-0.2, -0.15) is 0 Å². The van der Waals surface area contributed by atoms with Gasteiger partial charge in [-0.3, -0.25) is 0 Å². The van der Waals surface area contributed by atoms with Crippen molar-refractivity contribution in [1.29, 1.82) is 0 Å². The summed E-state index contributed by atoms with van der Waals surface area (Å²) in [5.74, 6) is -4.17. The van der Waals surface area contributed by atoms with Gasteiger partial charge in [0.2, 0.25) is 0 Å². The quantitative estimate of drug-likeness (QED) is 0.556. The third kappa shape index (κ3) is 1.93. The van der Waals surface area contributed by atoms with E-state index in [2.05, 4.69) is 4.98 Å². The molecule has 0 bridgehead atoms. The van der Waals surface area contributed by atoms with Crippen molar-refractivity contribution in [2.45, 2.75) is 6.43 Å². The van der Waals surface area contributed by atoms with Gasteiger partial charge < -0.3 is 0 Å². The molecule has 2 aromatic rings. The molecule has 0 spiro atoms. The van der Waals surface area contributed by atoms with Gasteiger partial charge in [0.25, 0.3) is 6.43 Å². The van der Waals surface area contributed by atoms with Crippen LogP contribution in [-0.2, 0) is 0 Å². The van der Waals surface area contributed by atoms with Gasteiger partial charge in [-0.25, -0.2) is 26.9 Å². The second kappa shape index (κ2) is 4.10. The molecule has 0 fully saturated rings. The van der Waals surface area contributed by atoms with E-state index < -0.39 is 45.5 Å². The van der Waals surface area contributed by atoms with Crippen LogP contribution < -0.4 is 0 Å². The van der Waals surface area contributed by atoms with E-state index in [4.69, 9.17) is 11.6 Å². The van der Waals surface area contributed by atoms with Gasteiger partial charge in [0.05, 0.1) is 10.4 Å². The predicted molar refractivity (Wildman–Crippen MR) is 51.6 cm³/mol. The zero-order valence-electron chi connectivity index (χ0n) is 7.95. The van der Waals surface area contributed by atoms with Crippen LogP contribution in [0.5, 0.6) is 0 Å². The largest absolute Gasteiger partial charge is 0.280 e. The number of rotatable bonds is 1. The second-order valence-electron chi connectivity index (χ2n) is 3.21. The first kappa shape index (κ1) is 12.0. The van der Waals surface area contributed by atoms with E-state index in [1.807, 2.05) is 0 Å². The molecule has 0 N–H and O–H groups in total. The summed E-state index contributed by atoms with van der Waals surface area (Å²) < 4.78 is 64.2. The van der Waals surface area contributed by atoms with Gasteiger partial charge in [-0.1, -0.05) is 11.6 Å². The van der Waals surface area contributed by atoms with E-state index in [-0.39, 0.29) is 6.07 Å². The molecule has 0 aliphatic heterocycles. The number of nitrogens with zero attached hydrogens (tertiary/aromatic N) is 1. The molecule has 2 rings (SSSR count). The van der Waals surface area contributed by atoms with E-state index in [9.17, 15) is 22.0 Å². The third-order valence-electron chi connectivity index (χ3n) is 2.12. The Hall–Kier alpha value is -1.43. The summed E-state index contributed by atoms with van der Waals surface area (Å²) >= 11 is 5.53. The SMILES string of the molecule is Fc1cc(F)c2c(Cl)cc(C(F)F)nc2c1F. The normalized spacial score (nSPS) is 11.5. The van der Waals surface area contributed by atoms with Crippen LogP contribution in [0.4, 0.5) is 22.0 Å². The fourth-order valence-corrected chi connectivity index (χ4v) is 1.68. The number of pyridine rings is 1. The molecule has 0 aliphatic rings. The van der Waals surface area contributed by atoms with Crippen molar-refractivity contribution in [3.63, 3.8) is 0 Å². The topological polar surface area (TPSA) is 12.9 Å². The van der Waals surface area contributed by atoms with Gasteiger partial charge in [-0.15, -0.1) is 0 Å². The van der Waals surface area contributed by atoms with E-state index in [0.717, 1.165) is 6.07 Å². The smallest absolute Gasteiger partial charge is 0.243 e. The predicted octanol–water partition coefficient (Wildman–Crippen LogP) is 4.24. The maximum Gasteiger partial charge on any atom is 0.280 e. The van der Waals surface area contributed by atoms with Gasteiger partial charge in [-0.05, 0) is 6.07 Å². The molecule has 0 atom stereocenters. The van der Waals surface area contributed by atoms with Gasteiger partial charge >= 0.3 is 0 Å². The lowest BCUT2D eigenvalue weighted by atomic mass is 10.1. The maximum atomic E-state index is 13.3. The molecular weight excluding hydrogens is 265 g/mol. The molecule has 1 nitrogen and oxygen atoms in total. The Labute approximate surface area is 96.8 Å². The van der Waals surface area contributed by atoms with E-state index in [0.29, 0.717) is 0 Å². The molecule has 90 valence electrons. The molecule has 0 saturated heterocycles. The average Bonchev–Trinajstić information content (AvgIpc) is 2.24. The van der Waals surface area contributed by atoms with Crippen LogP contribution in [0.3, 0.4) is 0 Å². The molecule has 1 aromatic heterocycles. The van der Waals surface area contributed by atoms with E-state index in [1.54, 1.807) is 0 Å². The molecule has 0 radical (unpaired) electrons. The van der Waals surface area contributed by atoms with Crippen LogP contribution in [0.25, 0.3) is 10.9 Å². The molecule has 1 heterocycles. The lowest BCUT2D eigenvalue weighted by Crippen LogP contribution is -1.98. The minimum absolute atomic E-state index is 0.285. The highest BCUT2D eigenvalue weighted by molar-refractivity contribution is 6.35. The Bertz CT molecular complexity index is 599. The Kier molecular flexibility index (Phi) is 2.91. The minimum Gasteiger partial charge on any atom is -0.243 e. The Balaban J connectivity index is 2.91. The van der Waals surface area contributed by atoms with Gasteiger partial charge in [0, 0.05) is 6.07 Å². The summed E-state index contributed by atoms with van der Waals surface area (Å²) in [6, 6.07) is 1.00. The lowest BCUT2D eigenvalue weighted by molar-refractivity contribution is 0.146. The number of benzene rings is 1. The lowest BCUT2D eigenvalue weighted by Gasteiger charge is -2.06. The van der Waals surface area contributed by atoms with E-state index in [1.165, 1.54) is 0 Å². The second-order valence-corrected chi connectivity index (χ2v) is 3.61. The average molecular weight is 268 g/mol. The first-order valence-corrected chi connectivity index (χ1v) is 4.71. The summed E-state index contributed by atoms with van der Waals surface area (Å²) in [4.78, 5) is 3.17. The number of hydrogen-bond acceptors (Lipinski definition) is 1. The van der Waals surface area contributed by atoms with Crippen molar-refractivity contribution in [3.8, 4) is 0 Å². The van der Waals surface area contributed by atoms with Crippen molar-refractivity contribution >= 4 is 22.5 Å². The summed E-state index contributed by atoms with van der Waals surface area (Å²) in [6.07, 6.45) is -3.01. The van der Waals surface area contributed by atoms with Crippen LogP contribution in [0.1, 0.15) is 12.1 Å². The maximum absolute atomic E-state index is 13.3. The fraction of sp³-hybridized carbons (Fsp3) is 0.100. The standard InChI is InChI=1S/C10H3ClF5N/c11-3-1-6(10(15)16)17-9-7(3)4(12)2-5(13)8(9)14/h1-2,10H. The Morgan fingerprint density at radius 3 is 2.29 bits per heavy atom. The highest BCUT2D eigenvalue weighted by Crippen LogP contribution is 2.31. The van der Waals surface area contributed by atoms with Crippen molar-refractivity contribution < 1.29 is 22.0 Å². The summed E-state index contributed by atoms with van der Waals surface area (Å²) in [7, 11) is 0. The molecule has 0 amide bonds. The first-order chi connectivity index (χ1) is 7.91. The molecule has 0 aliphatic carbocycles. The number of hydrogen-bond donors (Lipinski definition) is 0. The van der Waals surface area contributed by atoms with E-state index >= 15 is 0 Å². The molecule has 17 heavy (non-hydrogen) atoms. The summed E-state index contributed by atoms with van der Waals surface area (Å²) in [6.45, 7) is 0. The van der Waals surface area contributed by atoms with Crippen LogP contribution in [0, 0.1) is 17.5 Å². The number of fused-ring (bicyclic) bond motifs is 1. The van der Waals surface area contributed by atoms with Crippen molar-refractivity contribution in [1.82, 2.24) is 4.98 Å². The number of alkyl halides is 2. The molecule has 0 saturated carbocycles. The zero-order valence-corrected chi connectivity index (χ0v) is 8.70. The van der Waals surface area contributed by atoms with Crippen LogP contribution in [0.2, 0.25) is 5.02 Å². The summed E-state index contributed by atoms with van der Waals surface area (Å²) in [5, 5.41) is -0.961. The van der Waals surface area contributed by atoms with Crippen molar-refractivity contribution in [2.24, 2.45) is 0 Å². The van der Waals surface area contributed by atoms with Crippen LogP contribution in [0.15, 0.2) is 12.1 Å². The van der Waals surface area contributed by atoms with Crippen LogP contribution >= 0.6 is 11.6 Å². The highest BCUT2D eigenvalue weighted by Gasteiger charge is 2.20. The number of halogens is 6. The molecule has 7 heteroatoms. The molecule has 0 unspecified atom stereocenters. The Morgan fingerprint density at radius 1 is 1.06 bits per heavy atom. The zero-order chi connectivity index (χ0) is 12.7. The summed E-state index contributed by atoms with van der Waals surface area (Å²) in [5.41, 5.74) is -1.68. The van der Waals surface area contributed by atoms with Gasteiger partial charge in [0.15, 0.2) is 11.6 Å². The first-order valence-electron chi connectivity index (χ1n) is 4.33. The Morgan fingerprint density at radius 2 is 1.71 bits per heavy atom. The van der Waals surface area contributed by atoms with Gasteiger partial charge in [0.1, 0.15) is 17.0 Å². The fourth-order valence-electron chi connectivity index (χ4n) is 1.39. The molecule has 1 aromatic carbocycles. The minimum atomic E-state index is -3.01. The molecular formula is C10H3ClF5N.